The van der Waals surface area contributed by atoms with Crippen LogP contribution in [0.3, 0.4) is 0 Å². The summed E-state index contributed by atoms with van der Waals surface area (Å²) in [7, 11) is 1.49. The number of carbonyl (C=O) groups excluding carboxylic acids is 1. The molecule has 1 aromatic carbocycles. The van der Waals surface area contributed by atoms with Crippen molar-refractivity contribution in [1.29, 1.82) is 0 Å². The van der Waals surface area contributed by atoms with Gasteiger partial charge in [-0.25, -0.2) is 9.97 Å². The van der Waals surface area contributed by atoms with Crippen molar-refractivity contribution in [3.05, 3.63) is 82.1 Å². The first kappa shape index (κ1) is 22.7. The largest absolute Gasteiger partial charge is 0.480 e. The molecule has 1 atom stereocenters. The maximum absolute atomic E-state index is 13.1. The highest BCUT2D eigenvalue weighted by Crippen LogP contribution is 2.35. The Balaban J connectivity index is 1.62. The molecule has 5 rings (SSSR count). The van der Waals surface area contributed by atoms with Gasteiger partial charge in [0.2, 0.25) is 11.8 Å². The van der Waals surface area contributed by atoms with Gasteiger partial charge in [-0.2, -0.15) is 16.3 Å². The summed E-state index contributed by atoms with van der Waals surface area (Å²) in [6, 6.07) is 14.2. The fourth-order valence-electron chi connectivity index (χ4n) is 4.17. The summed E-state index contributed by atoms with van der Waals surface area (Å²) in [6.45, 7) is 5.33. The van der Waals surface area contributed by atoms with Crippen LogP contribution < -0.4 is 10.1 Å². The lowest BCUT2D eigenvalue weighted by Gasteiger charge is -2.18. The van der Waals surface area contributed by atoms with Gasteiger partial charge in [0.05, 0.1) is 18.5 Å². The molecule has 0 radical (unpaired) electrons. The monoisotopic (exact) mass is 487 g/mol. The molecule has 0 fully saturated rings. The lowest BCUT2D eigenvalue weighted by Crippen LogP contribution is -2.15. The first-order valence-corrected chi connectivity index (χ1v) is 12.3. The van der Waals surface area contributed by atoms with Crippen LogP contribution in [0.1, 0.15) is 47.1 Å². The first-order chi connectivity index (χ1) is 17.1. The number of pyridine rings is 1. The molecule has 0 aliphatic rings. The summed E-state index contributed by atoms with van der Waals surface area (Å²) in [6.07, 6.45) is 1.57. The molecule has 4 heterocycles. The Hall–Kier alpha value is -4.05. The molecule has 5 aromatic rings. The minimum Gasteiger partial charge on any atom is -0.480 e. The summed E-state index contributed by atoms with van der Waals surface area (Å²) in [5.41, 5.74) is 3.88. The predicted octanol–water partition coefficient (Wildman–Crippen LogP) is 4.57. The zero-order valence-electron chi connectivity index (χ0n) is 19.7. The van der Waals surface area contributed by atoms with E-state index in [-0.39, 0.29) is 17.7 Å². The van der Waals surface area contributed by atoms with Gasteiger partial charge in [-0.3, -0.25) is 14.8 Å². The Kier molecular flexibility index (Phi) is 6.28. The van der Waals surface area contributed by atoms with Gasteiger partial charge in [0.25, 0.3) is 5.91 Å². The van der Waals surface area contributed by atoms with Crippen LogP contribution in [0, 0.1) is 0 Å². The number of methoxy groups -OCH3 is 1. The van der Waals surface area contributed by atoms with E-state index < -0.39 is 5.91 Å². The third kappa shape index (κ3) is 4.28. The number of thiophene rings is 1. The molecule has 4 aromatic heterocycles. The van der Waals surface area contributed by atoms with Crippen LogP contribution >= 0.6 is 11.3 Å². The molecule has 0 saturated carbocycles. The number of rotatable bonds is 8. The summed E-state index contributed by atoms with van der Waals surface area (Å²) >= 11 is 1.66. The van der Waals surface area contributed by atoms with Gasteiger partial charge in [-0.05, 0) is 47.9 Å². The highest BCUT2D eigenvalue weighted by Gasteiger charge is 2.26. The molecule has 0 aliphatic carbocycles. The highest BCUT2D eigenvalue weighted by molar-refractivity contribution is 7.08. The van der Waals surface area contributed by atoms with Crippen LogP contribution in [0.4, 0.5) is 5.95 Å². The topological polar surface area (TPSA) is 99.8 Å². The fourth-order valence-corrected chi connectivity index (χ4v) is 4.86. The number of aromatic nitrogens is 6. The number of hydrogen-bond acceptors (Lipinski definition) is 7. The quantitative estimate of drug-likeness (QED) is 0.344. The second-order valence-electron chi connectivity index (χ2n) is 7.88. The Bertz CT molecular complexity index is 1460. The minimum absolute atomic E-state index is 0.0675. The smallest absolute Gasteiger partial charge is 0.263 e. The number of nitrogens with one attached hydrogen (secondary N) is 1. The Morgan fingerprint density at radius 3 is 2.60 bits per heavy atom. The fraction of sp³-hybridized carbons (Fsp3) is 0.240. The number of hydrogen-bond donors (Lipinski definition) is 1. The van der Waals surface area contributed by atoms with E-state index in [0.717, 1.165) is 22.5 Å². The molecule has 0 bridgehead atoms. The molecule has 0 saturated heterocycles. The molecule has 178 valence electrons. The van der Waals surface area contributed by atoms with Gasteiger partial charge in [0.1, 0.15) is 17.7 Å². The van der Waals surface area contributed by atoms with Crippen LogP contribution in [0.5, 0.6) is 5.88 Å². The van der Waals surface area contributed by atoms with Crippen molar-refractivity contribution in [3.63, 3.8) is 0 Å². The zero-order valence-corrected chi connectivity index (χ0v) is 20.5. The van der Waals surface area contributed by atoms with E-state index in [9.17, 15) is 4.79 Å². The van der Waals surface area contributed by atoms with Gasteiger partial charge in [-0.1, -0.05) is 30.3 Å². The Morgan fingerprint density at radius 2 is 1.94 bits per heavy atom. The lowest BCUT2D eigenvalue weighted by atomic mass is 9.92. The SMILES string of the molecule is CCn1cnc(NC(=O)c2cc3c(nc2OC)nc(C(c2ccccc2)c2ccsc2)n3CC)n1. The van der Waals surface area contributed by atoms with E-state index in [2.05, 4.69) is 60.8 Å². The van der Waals surface area contributed by atoms with Crippen LogP contribution in [0.2, 0.25) is 0 Å². The number of imidazole rings is 1. The van der Waals surface area contributed by atoms with Gasteiger partial charge in [0, 0.05) is 13.1 Å². The van der Waals surface area contributed by atoms with Crippen LogP contribution in [-0.2, 0) is 13.1 Å². The van der Waals surface area contributed by atoms with E-state index >= 15 is 0 Å². The van der Waals surface area contributed by atoms with Gasteiger partial charge >= 0.3 is 0 Å². The number of ether oxygens (including phenoxy) is 1. The average Bonchev–Trinajstić information content (AvgIpc) is 3.64. The van der Waals surface area contributed by atoms with Crippen LogP contribution in [0.25, 0.3) is 11.2 Å². The predicted molar refractivity (Wildman–Crippen MR) is 135 cm³/mol. The van der Waals surface area contributed by atoms with Gasteiger partial charge < -0.3 is 9.30 Å². The van der Waals surface area contributed by atoms with Gasteiger partial charge in [0.15, 0.2) is 5.65 Å². The number of anilines is 1. The van der Waals surface area contributed by atoms with Crippen molar-refractivity contribution in [1.82, 2.24) is 29.3 Å². The number of aryl methyl sites for hydroxylation is 2. The third-order valence-electron chi connectivity index (χ3n) is 5.84. The normalized spacial score (nSPS) is 12.1. The molecule has 9 nitrogen and oxygen atoms in total. The molecule has 35 heavy (non-hydrogen) atoms. The summed E-state index contributed by atoms with van der Waals surface area (Å²) < 4.78 is 9.22. The number of carbonyl (C=O) groups is 1. The number of amides is 1. The third-order valence-corrected chi connectivity index (χ3v) is 6.54. The number of fused-ring (bicyclic) bond motifs is 1. The number of nitrogens with zero attached hydrogens (tertiary/aromatic N) is 6. The Labute approximate surface area is 206 Å². The van der Waals surface area contributed by atoms with E-state index in [4.69, 9.17) is 9.72 Å². The van der Waals surface area contributed by atoms with Crippen LogP contribution in [-0.4, -0.2) is 42.3 Å². The average molecular weight is 488 g/mol. The molecular weight excluding hydrogens is 462 g/mol. The molecule has 0 spiro atoms. The van der Waals surface area contributed by atoms with E-state index in [1.54, 1.807) is 28.4 Å². The highest BCUT2D eigenvalue weighted by atomic mass is 32.1. The first-order valence-electron chi connectivity index (χ1n) is 11.4. The van der Waals surface area contributed by atoms with Crippen molar-refractivity contribution in [2.75, 3.05) is 12.4 Å². The van der Waals surface area contributed by atoms with Crippen molar-refractivity contribution in [2.45, 2.75) is 32.9 Å². The maximum Gasteiger partial charge on any atom is 0.263 e. The summed E-state index contributed by atoms with van der Waals surface area (Å²) in [4.78, 5) is 26.8. The molecule has 10 heteroatoms. The molecule has 1 amide bonds. The van der Waals surface area contributed by atoms with E-state index in [1.807, 2.05) is 25.1 Å². The second kappa shape index (κ2) is 9.67. The van der Waals surface area contributed by atoms with Crippen LogP contribution in [0.15, 0.2) is 59.6 Å². The van der Waals surface area contributed by atoms with E-state index in [1.165, 1.54) is 7.11 Å². The zero-order chi connectivity index (χ0) is 24.4. The van der Waals surface area contributed by atoms with E-state index in [0.29, 0.717) is 24.3 Å². The minimum atomic E-state index is -0.395. The molecule has 1 unspecified atom stereocenters. The molecular formula is C25H25N7O2S. The van der Waals surface area contributed by atoms with Crippen molar-refractivity contribution < 1.29 is 9.53 Å². The summed E-state index contributed by atoms with van der Waals surface area (Å²) in [5.74, 6) is 0.826. The standard InChI is InChI=1S/C25H25N7O2S/c1-4-31-15-26-25(30-31)29-23(33)18-13-19-21(28-24(18)34-3)27-22(32(19)5-2)20(17-11-12-35-14-17)16-9-7-6-8-10-16/h6-15,20H,4-5H2,1-3H3,(H,29,30,33). The molecule has 1 N–H and O–H groups in total. The number of benzene rings is 1. The maximum atomic E-state index is 13.1. The summed E-state index contributed by atoms with van der Waals surface area (Å²) in [5, 5.41) is 11.2. The van der Waals surface area contributed by atoms with Crippen molar-refractivity contribution in [2.24, 2.45) is 0 Å². The second-order valence-corrected chi connectivity index (χ2v) is 8.66. The van der Waals surface area contributed by atoms with Crippen molar-refractivity contribution >= 4 is 34.4 Å². The van der Waals surface area contributed by atoms with Gasteiger partial charge in [-0.15, -0.1) is 5.10 Å². The lowest BCUT2D eigenvalue weighted by molar-refractivity contribution is 0.102. The molecule has 0 aliphatic heterocycles. The van der Waals surface area contributed by atoms with Crippen molar-refractivity contribution in [3.8, 4) is 5.88 Å². The Morgan fingerprint density at radius 1 is 1.11 bits per heavy atom.